The molecule has 4 aromatic rings. The molecule has 10 heteroatoms. The number of halogens is 1. The Hall–Kier alpha value is -4.99. The molecule has 0 atom stereocenters. The molecule has 6 rings (SSSR count). The molecular formula is C56H78ClN3O6. The lowest BCUT2D eigenvalue weighted by molar-refractivity contribution is -0.141. The van der Waals surface area contributed by atoms with Gasteiger partial charge < -0.3 is 25.4 Å². The molecule has 0 bridgehead atoms. The number of esters is 2. The molecule has 0 heterocycles. The summed E-state index contributed by atoms with van der Waals surface area (Å²) in [6.45, 7) is 28.6. The Morgan fingerprint density at radius 3 is 1.32 bits per heavy atom. The van der Waals surface area contributed by atoms with Gasteiger partial charge in [-0.2, -0.15) is 0 Å². The van der Waals surface area contributed by atoms with Crippen LogP contribution in [0.5, 0.6) is 0 Å². The Morgan fingerprint density at radius 2 is 0.939 bits per heavy atom. The van der Waals surface area contributed by atoms with Crippen LogP contribution >= 0.6 is 11.6 Å². The molecule has 2 aliphatic rings. The summed E-state index contributed by atoms with van der Waals surface area (Å²) in [6, 6.07) is 26.9. The summed E-state index contributed by atoms with van der Waals surface area (Å²) in [6.07, 6.45) is 6.69. The van der Waals surface area contributed by atoms with E-state index in [1.807, 2.05) is 24.3 Å². The lowest BCUT2D eigenvalue weighted by atomic mass is 9.63. The predicted molar refractivity (Wildman–Crippen MR) is 273 cm³/mol. The first-order chi connectivity index (χ1) is 30.9. The van der Waals surface area contributed by atoms with E-state index in [-0.39, 0.29) is 34.1 Å². The lowest BCUT2D eigenvalue weighted by Gasteiger charge is -2.42. The summed E-state index contributed by atoms with van der Waals surface area (Å²) in [7, 11) is 2.75. The topological polar surface area (TPSA) is 128 Å². The Kier molecular flexibility index (Phi) is 20.7. The van der Waals surface area contributed by atoms with Gasteiger partial charge in [0.2, 0.25) is 0 Å². The molecule has 360 valence electrons. The van der Waals surface area contributed by atoms with Crippen molar-refractivity contribution in [3.05, 3.63) is 129 Å². The van der Waals surface area contributed by atoms with Gasteiger partial charge in [0.25, 0.3) is 11.1 Å². The van der Waals surface area contributed by atoms with Gasteiger partial charge >= 0.3 is 11.9 Å². The fraction of sp³-hybridized carbons (Fsp3) is 0.500. The zero-order valence-corrected chi connectivity index (χ0v) is 43.0. The minimum absolute atomic E-state index is 0.104. The van der Waals surface area contributed by atoms with Crippen molar-refractivity contribution in [2.24, 2.45) is 0 Å². The molecule has 9 nitrogen and oxygen atoms in total. The van der Waals surface area contributed by atoms with Gasteiger partial charge in [-0.05, 0) is 173 Å². The number of anilines is 2. The third-order valence-electron chi connectivity index (χ3n) is 13.4. The molecule has 1 amide bonds. The van der Waals surface area contributed by atoms with Gasteiger partial charge in [0.05, 0.1) is 14.2 Å². The quantitative estimate of drug-likeness (QED) is 0.0817. The summed E-state index contributed by atoms with van der Waals surface area (Å²) < 4.78 is 9.18. The first-order valence-electron chi connectivity index (χ1n) is 23.5. The molecule has 0 aliphatic heterocycles. The van der Waals surface area contributed by atoms with Crippen molar-refractivity contribution in [2.75, 3.05) is 44.9 Å². The predicted octanol–water partition coefficient (Wildman–Crippen LogP) is 12.5. The molecule has 0 fully saturated rings. The number of nitrogens with one attached hydrogen (secondary N) is 1. The van der Waals surface area contributed by atoms with Crippen LogP contribution in [0.3, 0.4) is 0 Å². The maximum absolute atomic E-state index is 12.7. The fourth-order valence-electron chi connectivity index (χ4n) is 8.47. The third kappa shape index (κ3) is 16.1. The average Bonchev–Trinajstić information content (AvgIpc) is 3.29. The first kappa shape index (κ1) is 55.3. The van der Waals surface area contributed by atoms with Crippen LogP contribution in [-0.4, -0.2) is 61.8 Å². The van der Waals surface area contributed by atoms with Crippen LogP contribution < -0.4 is 11.1 Å². The Labute approximate surface area is 401 Å². The van der Waals surface area contributed by atoms with Crippen molar-refractivity contribution in [3.8, 4) is 0 Å². The second kappa shape index (κ2) is 24.7. The SMILES string of the molecule is CC1(C)CCC(C)(C)c2cc(N)ccc21.CCN(CC)CC.COC(=O)CCc1ccc(C(=O)Cl)cc1.COC(=O)CCc1ccc(C(=O)Nc2ccc3c(c2)C(C)(C)CCC3(C)C)cc1. The molecule has 0 saturated carbocycles. The van der Waals surface area contributed by atoms with Crippen LogP contribution in [0.25, 0.3) is 0 Å². The number of fused-ring (bicyclic) bond motifs is 2. The number of carbonyl (C=O) groups is 4. The Morgan fingerprint density at radius 1 is 0.561 bits per heavy atom. The molecule has 0 aromatic heterocycles. The van der Waals surface area contributed by atoms with E-state index in [1.54, 1.807) is 36.4 Å². The number of hydrogen-bond acceptors (Lipinski definition) is 8. The Balaban J connectivity index is 0.000000263. The van der Waals surface area contributed by atoms with Crippen molar-refractivity contribution in [2.45, 2.75) is 149 Å². The number of nitrogens with two attached hydrogens (primary N) is 1. The number of benzene rings is 4. The average molecular weight is 925 g/mol. The second-order valence-corrected chi connectivity index (χ2v) is 20.3. The van der Waals surface area contributed by atoms with Crippen LogP contribution in [-0.2, 0) is 53.6 Å². The lowest BCUT2D eigenvalue weighted by Crippen LogP contribution is -2.33. The molecular weight excluding hydrogens is 846 g/mol. The van der Waals surface area contributed by atoms with E-state index in [0.29, 0.717) is 42.2 Å². The van der Waals surface area contributed by atoms with Gasteiger partial charge in [-0.15, -0.1) is 0 Å². The zero-order valence-electron chi connectivity index (χ0n) is 42.2. The first-order valence-corrected chi connectivity index (χ1v) is 23.9. The van der Waals surface area contributed by atoms with Crippen LogP contribution in [0.15, 0.2) is 84.9 Å². The molecule has 2 aliphatic carbocycles. The number of rotatable bonds is 12. The van der Waals surface area contributed by atoms with Gasteiger partial charge in [-0.3, -0.25) is 19.2 Å². The third-order valence-corrected chi connectivity index (χ3v) is 13.6. The van der Waals surface area contributed by atoms with Gasteiger partial charge in [0.1, 0.15) is 0 Å². The highest BCUT2D eigenvalue weighted by molar-refractivity contribution is 6.67. The number of nitrogens with zero attached hydrogens (tertiary/aromatic N) is 1. The molecule has 0 spiro atoms. The van der Waals surface area contributed by atoms with Crippen LogP contribution in [0.2, 0.25) is 0 Å². The zero-order chi connectivity index (χ0) is 49.5. The van der Waals surface area contributed by atoms with E-state index in [4.69, 9.17) is 17.3 Å². The minimum Gasteiger partial charge on any atom is -0.469 e. The van der Waals surface area contributed by atoms with E-state index < -0.39 is 5.24 Å². The fourth-order valence-corrected chi connectivity index (χ4v) is 8.59. The highest BCUT2D eigenvalue weighted by atomic mass is 35.5. The monoisotopic (exact) mass is 924 g/mol. The largest absolute Gasteiger partial charge is 0.469 e. The van der Waals surface area contributed by atoms with Gasteiger partial charge in [0.15, 0.2) is 0 Å². The summed E-state index contributed by atoms with van der Waals surface area (Å²) >= 11 is 5.29. The number of carbonyl (C=O) groups excluding carboxylic acids is 4. The summed E-state index contributed by atoms with van der Waals surface area (Å²) in [5, 5.41) is 2.56. The van der Waals surface area contributed by atoms with Crippen LogP contribution in [0.1, 0.15) is 169 Å². The van der Waals surface area contributed by atoms with E-state index in [1.165, 1.54) is 75.4 Å². The van der Waals surface area contributed by atoms with Gasteiger partial charge in [-0.1, -0.05) is 113 Å². The standard InChI is InChI=1S/C25H31NO3.C14H21N.C11H11ClO3.C6H15N/c1-24(2)14-15-25(3,4)21-16-19(11-12-20(21)24)26-23(28)18-9-6-17(7-10-18)8-13-22(27)29-5;1-13(2)7-8-14(3,4)12-9-10(15)5-6-11(12)13;1-15-10(13)7-4-8-2-5-9(6-3-8)11(12)14;1-4-7(5-2)6-3/h6-7,9-12,16H,8,13-15H2,1-5H3,(H,26,28);5-6,9H,7-8,15H2,1-4H3;2-3,5-6H,4,7H2,1H3;4-6H2,1-3H3. The molecule has 0 saturated heterocycles. The second-order valence-electron chi connectivity index (χ2n) is 20.0. The van der Waals surface area contributed by atoms with Crippen molar-refractivity contribution < 1.29 is 28.7 Å². The number of ether oxygens (including phenoxy) is 2. The molecule has 4 aromatic carbocycles. The summed E-state index contributed by atoms with van der Waals surface area (Å²) in [5.74, 6) is -0.602. The molecule has 3 N–H and O–H groups in total. The number of amides is 1. The van der Waals surface area contributed by atoms with Crippen molar-refractivity contribution in [1.82, 2.24) is 4.90 Å². The highest BCUT2D eigenvalue weighted by Crippen LogP contribution is 2.47. The summed E-state index contributed by atoms with van der Waals surface area (Å²) in [5.41, 5.74) is 17.1. The van der Waals surface area contributed by atoms with E-state index in [0.717, 1.165) is 28.9 Å². The van der Waals surface area contributed by atoms with Gasteiger partial charge in [0, 0.05) is 35.3 Å². The number of methoxy groups -OCH3 is 2. The van der Waals surface area contributed by atoms with E-state index >= 15 is 0 Å². The smallest absolute Gasteiger partial charge is 0.305 e. The number of nitrogen functional groups attached to an aromatic ring is 1. The summed E-state index contributed by atoms with van der Waals surface area (Å²) in [4.78, 5) is 48.0. The van der Waals surface area contributed by atoms with Gasteiger partial charge in [-0.25, -0.2) is 0 Å². The van der Waals surface area contributed by atoms with Crippen molar-refractivity contribution >= 4 is 46.1 Å². The maximum atomic E-state index is 12.7. The van der Waals surface area contributed by atoms with E-state index in [9.17, 15) is 19.2 Å². The van der Waals surface area contributed by atoms with Crippen LogP contribution in [0, 0.1) is 0 Å². The number of hydrogen-bond donors (Lipinski definition) is 2. The molecule has 66 heavy (non-hydrogen) atoms. The molecule has 0 unspecified atom stereocenters. The maximum Gasteiger partial charge on any atom is 0.305 e. The van der Waals surface area contributed by atoms with E-state index in [2.05, 4.69) is 120 Å². The molecule has 0 radical (unpaired) electrons. The number of aryl methyl sites for hydroxylation is 2. The van der Waals surface area contributed by atoms with Crippen molar-refractivity contribution in [3.63, 3.8) is 0 Å². The van der Waals surface area contributed by atoms with Crippen molar-refractivity contribution in [1.29, 1.82) is 0 Å². The normalized spacial score (nSPS) is 15.6. The highest BCUT2D eigenvalue weighted by Gasteiger charge is 2.38. The Bertz CT molecular complexity index is 2220. The minimum atomic E-state index is -0.477. The van der Waals surface area contributed by atoms with Crippen LogP contribution in [0.4, 0.5) is 11.4 Å².